The number of aliphatic hydroxyl groups excluding tert-OH is 1. The molecule has 0 saturated carbocycles. The molecule has 0 radical (unpaired) electrons. The number of β-amino-alcohol motifs (C(OH)–C–C–N with tert-alkyl or cyclic N) is 1. The van der Waals surface area contributed by atoms with Crippen LogP contribution in [-0.2, 0) is 20.5 Å². The van der Waals surface area contributed by atoms with E-state index >= 15 is 0 Å². The SMILES string of the molecule is CC(C)C[C@H](NC(=O)[C@H](Cc1ccccc1)NC(=O)c1cc(Br)ccc1Cl)B1OCCCN(CCO)CCO1. The summed E-state index contributed by atoms with van der Waals surface area (Å²) in [6.07, 6.45) is 1.74. The molecule has 3 rings (SSSR count). The third kappa shape index (κ3) is 10.5. The molecule has 1 saturated heterocycles. The number of aliphatic hydroxyl groups is 1. The largest absolute Gasteiger partial charge is 0.480 e. The summed E-state index contributed by atoms with van der Waals surface area (Å²) in [6.45, 7) is 7.21. The Bertz CT molecular complexity index is 1060. The van der Waals surface area contributed by atoms with E-state index in [4.69, 9.17) is 20.9 Å². The maximum absolute atomic E-state index is 13.7. The summed E-state index contributed by atoms with van der Waals surface area (Å²) >= 11 is 9.68. The zero-order valence-electron chi connectivity index (χ0n) is 22.6. The molecular formula is C28H38BBrClN3O5. The third-order valence-electron chi connectivity index (χ3n) is 6.47. The summed E-state index contributed by atoms with van der Waals surface area (Å²) in [5, 5.41) is 15.6. The lowest BCUT2D eigenvalue weighted by Crippen LogP contribution is -2.56. The number of hydrogen-bond acceptors (Lipinski definition) is 6. The van der Waals surface area contributed by atoms with Gasteiger partial charge in [0.2, 0.25) is 5.91 Å². The van der Waals surface area contributed by atoms with Gasteiger partial charge in [0.15, 0.2) is 0 Å². The van der Waals surface area contributed by atoms with Crippen LogP contribution >= 0.6 is 27.5 Å². The highest BCUT2D eigenvalue weighted by molar-refractivity contribution is 9.10. The molecule has 11 heteroatoms. The second-order valence-corrected chi connectivity index (χ2v) is 11.4. The van der Waals surface area contributed by atoms with E-state index in [1.807, 2.05) is 30.3 Å². The predicted molar refractivity (Wildman–Crippen MR) is 158 cm³/mol. The van der Waals surface area contributed by atoms with Gasteiger partial charge in [0.05, 0.1) is 23.1 Å². The normalized spacial score (nSPS) is 16.6. The van der Waals surface area contributed by atoms with Gasteiger partial charge >= 0.3 is 7.12 Å². The topological polar surface area (TPSA) is 100 Å². The Labute approximate surface area is 245 Å². The second-order valence-electron chi connectivity index (χ2n) is 10.1. The summed E-state index contributed by atoms with van der Waals surface area (Å²) in [6, 6.07) is 13.7. The summed E-state index contributed by atoms with van der Waals surface area (Å²) in [7, 11) is -0.627. The molecule has 212 valence electrons. The first-order valence-corrected chi connectivity index (χ1v) is 14.6. The number of carbonyl (C=O) groups is 2. The van der Waals surface area contributed by atoms with Crippen LogP contribution in [0.2, 0.25) is 5.02 Å². The molecular weight excluding hydrogens is 584 g/mol. The molecule has 2 aromatic rings. The minimum Gasteiger partial charge on any atom is -0.410 e. The minimum absolute atomic E-state index is 0.0932. The van der Waals surface area contributed by atoms with Crippen molar-refractivity contribution in [2.75, 3.05) is 39.5 Å². The van der Waals surface area contributed by atoms with E-state index in [-0.39, 0.29) is 24.0 Å². The molecule has 0 bridgehead atoms. The van der Waals surface area contributed by atoms with Gasteiger partial charge in [0.1, 0.15) is 6.04 Å². The Morgan fingerprint density at radius 3 is 2.56 bits per heavy atom. The quantitative estimate of drug-likeness (QED) is 0.331. The Hall–Kier alpha value is -1.95. The van der Waals surface area contributed by atoms with Crippen molar-refractivity contribution >= 4 is 46.5 Å². The van der Waals surface area contributed by atoms with E-state index in [0.29, 0.717) is 48.6 Å². The average molecular weight is 623 g/mol. The van der Waals surface area contributed by atoms with E-state index in [0.717, 1.165) is 18.5 Å². The molecule has 1 fully saturated rings. The van der Waals surface area contributed by atoms with Gasteiger partial charge in [-0.15, -0.1) is 0 Å². The smallest absolute Gasteiger partial charge is 0.410 e. The third-order valence-corrected chi connectivity index (χ3v) is 7.29. The molecule has 39 heavy (non-hydrogen) atoms. The Balaban J connectivity index is 1.78. The highest BCUT2D eigenvalue weighted by atomic mass is 79.9. The Morgan fingerprint density at radius 2 is 1.85 bits per heavy atom. The fourth-order valence-electron chi connectivity index (χ4n) is 4.54. The maximum Gasteiger partial charge on any atom is 0.480 e. The van der Waals surface area contributed by atoms with E-state index in [9.17, 15) is 14.7 Å². The van der Waals surface area contributed by atoms with Crippen LogP contribution in [0.3, 0.4) is 0 Å². The Kier molecular flexibility index (Phi) is 13.2. The number of amides is 2. The fraction of sp³-hybridized carbons (Fsp3) is 0.500. The van der Waals surface area contributed by atoms with Crippen LogP contribution in [-0.4, -0.2) is 80.4 Å². The summed E-state index contributed by atoms with van der Waals surface area (Å²) in [5.74, 6) is -0.898. The molecule has 1 aliphatic heterocycles. The molecule has 2 atom stereocenters. The molecule has 0 unspecified atom stereocenters. The van der Waals surface area contributed by atoms with Crippen LogP contribution in [0, 0.1) is 5.92 Å². The maximum atomic E-state index is 13.7. The molecule has 3 N–H and O–H groups in total. The van der Waals surface area contributed by atoms with Crippen molar-refractivity contribution in [3.63, 3.8) is 0 Å². The number of nitrogens with zero attached hydrogens (tertiary/aromatic N) is 1. The highest BCUT2D eigenvalue weighted by Crippen LogP contribution is 2.21. The van der Waals surface area contributed by atoms with Crippen molar-refractivity contribution < 1.29 is 24.0 Å². The van der Waals surface area contributed by atoms with Crippen LogP contribution in [0.25, 0.3) is 0 Å². The molecule has 2 amide bonds. The molecule has 0 spiro atoms. The van der Waals surface area contributed by atoms with Crippen molar-refractivity contribution in [2.45, 2.75) is 45.1 Å². The first-order valence-electron chi connectivity index (χ1n) is 13.4. The van der Waals surface area contributed by atoms with Crippen LogP contribution in [0.5, 0.6) is 0 Å². The van der Waals surface area contributed by atoms with Crippen molar-refractivity contribution in [1.82, 2.24) is 15.5 Å². The van der Waals surface area contributed by atoms with Gasteiger partial charge in [-0.3, -0.25) is 14.5 Å². The van der Waals surface area contributed by atoms with Gasteiger partial charge < -0.3 is 25.0 Å². The van der Waals surface area contributed by atoms with Crippen molar-refractivity contribution in [1.29, 1.82) is 0 Å². The van der Waals surface area contributed by atoms with Crippen molar-refractivity contribution in [2.24, 2.45) is 5.92 Å². The highest BCUT2D eigenvalue weighted by Gasteiger charge is 2.35. The van der Waals surface area contributed by atoms with Gasteiger partial charge in [-0.25, -0.2) is 0 Å². The Morgan fingerprint density at radius 1 is 1.10 bits per heavy atom. The van der Waals surface area contributed by atoms with Gasteiger partial charge in [-0.2, -0.15) is 0 Å². The lowest BCUT2D eigenvalue weighted by Gasteiger charge is -2.28. The van der Waals surface area contributed by atoms with Gasteiger partial charge in [0, 0.05) is 43.7 Å². The summed E-state index contributed by atoms with van der Waals surface area (Å²) in [5.41, 5.74) is 1.20. The average Bonchev–Trinajstić information content (AvgIpc) is 3.02. The number of nitrogens with one attached hydrogen (secondary N) is 2. The van der Waals surface area contributed by atoms with Crippen LogP contribution in [0.15, 0.2) is 53.0 Å². The zero-order chi connectivity index (χ0) is 28.2. The van der Waals surface area contributed by atoms with Crippen LogP contribution in [0.1, 0.15) is 42.6 Å². The number of halogens is 2. The number of hydrogen-bond donors (Lipinski definition) is 3. The minimum atomic E-state index is -0.846. The second kappa shape index (κ2) is 16.4. The monoisotopic (exact) mass is 621 g/mol. The van der Waals surface area contributed by atoms with Crippen LogP contribution < -0.4 is 10.6 Å². The first-order chi connectivity index (χ1) is 18.8. The number of benzene rings is 2. The zero-order valence-corrected chi connectivity index (χ0v) is 24.9. The lowest BCUT2D eigenvalue weighted by molar-refractivity contribution is -0.123. The standard InChI is InChI=1S/C28H38BBrClN3O5/c1-20(2)17-26(29-38-15-6-11-34(12-14-35)13-16-39-29)33-28(37)25(18-21-7-4-3-5-8-21)32-27(36)23-19-22(30)9-10-24(23)31/h3-5,7-10,19-20,25-26,35H,6,11-18H2,1-2H3,(H,32,36)(H,33,37)/t25-,26-/m0/s1. The van der Waals surface area contributed by atoms with Gasteiger partial charge in [0.25, 0.3) is 5.91 Å². The molecule has 1 aliphatic rings. The van der Waals surface area contributed by atoms with Crippen molar-refractivity contribution in [3.8, 4) is 0 Å². The molecule has 0 aliphatic carbocycles. The van der Waals surface area contributed by atoms with Gasteiger partial charge in [-0.1, -0.05) is 71.7 Å². The molecule has 2 aromatic carbocycles. The van der Waals surface area contributed by atoms with E-state index in [2.05, 4.69) is 45.3 Å². The van der Waals surface area contributed by atoms with E-state index in [1.165, 1.54) is 0 Å². The molecule has 8 nitrogen and oxygen atoms in total. The lowest BCUT2D eigenvalue weighted by atomic mass is 9.73. The van der Waals surface area contributed by atoms with Gasteiger partial charge in [-0.05, 0) is 42.5 Å². The molecule has 0 aromatic heterocycles. The first kappa shape index (κ1) is 31.6. The molecule has 1 heterocycles. The van der Waals surface area contributed by atoms with Crippen molar-refractivity contribution in [3.05, 3.63) is 69.2 Å². The summed E-state index contributed by atoms with van der Waals surface area (Å²) in [4.78, 5) is 29.1. The van der Waals surface area contributed by atoms with E-state index < -0.39 is 25.0 Å². The van der Waals surface area contributed by atoms with Crippen LogP contribution in [0.4, 0.5) is 0 Å². The number of carbonyl (C=O) groups excluding carboxylic acids is 2. The number of rotatable bonds is 11. The fourth-order valence-corrected chi connectivity index (χ4v) is 5.10. The summed E-state index contributed by atoms with van der Waals surface area (Å²) < 4.78 is 12.9. The predicted octanol–water partition coefficient (Wildman–Crippen LogP) is 3.73. The van der Waals surface area contributed by atoms with E-state index in [1.54, 1.807) is 18.2 Å².